The first-order valence-electron chi connectivity index (χ1n) is 6.40. The summed E-state index contributed by atoms with van der Waals surface area (Å²) in [5, 5.41) is 3.53. The van der Waals surface area contributed by atoms with Gasteiger partial charge in [-0.1, -0.05) is 25.5 Å². The van der Waals surface area contributed by atoms with Crippen molar-refractivity contribution in [2.45, 2.75) is 51.1 Å². The summed E-state index contributed by atoms with van der Waals surface area (Å²) >= 11 is 0. The van der Waals surface area contributed by atoms with Crippen LogP contribution < -0.4 is 11.1 Å². The lowest BCUT2D eigenvalue weighted by Gasteiger charge is -2.18. The number of nitrogens with two attached hydrogens (primary N) is 1. The molecule has 0 aromatic heterocycles. The molecule has 1 saturated carbocycles. The van der Waals surface area contributed by atoms with Crippen LogP contribution in [0.5, 0.6) is 0 Å². The van der Waals surface area contributed by atoms with E-state index in [0.29, 0.717) is 12.1 Å². The number of nitrogens with one attached hydrogen (secondary N) is 1. The highest BCUT2D eigenvalue weighted by Crippen LogP contribution is 2.22. The van der Waals surface area contributed by atoms with Crippen molar-refractivity contribution in [3.63, 3.8) is 0 Å². The minimum atomic E-state index is 0.329. The Morgan fingerprint density at radius 2 is 2.00 bits per heavy atom. The molecule has 2 unspecified atom stereocenters. The predicted octanol–water partition coefficient (Wildman–Crippen LogP) is 2.93. The molecule has 0 amide bonds. The number of aryl methyl sites for hydroxylation is 1. The molecule has 1 aliphatic rings. The summed E-state index contributed by atoms with van der Waals surface area (Å²) < 4.78 is 0. The van der Waals surface area contributed by atoms with E-state index in [1.165, 1.54) is 36.9 Å². The second-order valence-electron chi connectivity index (χ2n) is 4.79. The van der Waals surface area contributed by atoms with E-state index in [1.807, 2.05) is 0 Å². The second-order valence-corrected chi connectivity index (χ2v) is 4.79. The largest absolute Gasteiger partial charge is 0.381 e. The van der Waals surface area contributed by atoms with Crippen molar-refractivity contribution in [3.05, 3.63) is 29.8 Å². The third kappa shape index (κ3) is 2.76. The van der Waals surface area contributed by atoms with Crippen LogP contribution in [0, 0.1) is 0 Å². The van der Waals surface area contributed by atoms with Crippen molar-refractivity contribution in [1.29, 1.82) is 0 Å². The first kappa shape index (κ1) is 11.5. The zero-order valence-corrected chi connectivity index (χ0v) is 10.1. The Kier molecular flexibility index (Phi) is 3.83. The molecule has 2 rings (SSSR count). The number of rotatable bonds is 4. The van der Waals surface area contributed by atoms with Crippen LogP contribution in [0.15, 0.2) is 24.3 Å². The standard InChI is InChI=1S/C14H22N2/c1-2-4-11-7-9-12(10-8-11)16-14-6-3-5-13(14)15/h7-10,13-14,16H,2-6,15H2,1H3. The van der Waals surface area contributed by atoms with Crippen LogP contribution in [0.4, 0.5) is 5.69 Å². The molecule has 0 spiro atoms. The highest BCUT2D eigenvalue weighted by atomic mass is 15.0. The fraction of sp³-hybridized carbons (Fsp3) is 0.571. The van der Waals surface area contributed by atoms with Crippen molar-refractivity contribution < 1.29 is 0 Å². The van der Waals surface area contributed by atoms with Gasteiger partial charge in [0.25, 0.3) is 0 Å². The third-order valence-electron chi connectivity index (χ3n) is 3.41. The van der Waals surface area contributed by atoms with Gasteiger partial charge >= 0.3 is 0 Å². The predicted molar refractivity (Wildman–Crippen MR) is 69.7 cm³/mol. The Hall–Kier alpha value is -1.02. The molecule has 2 nitrogen and oxygen atoms in total. The molecule has 1 aromatic carbocycles. The molecule has 0 aliphatic heterocycles. The molecule has 2 atom stereocenters. The molecular formula is C14H22N2. The van der Waals surface area contributed by atoms with Gasteiger partial charge in [0.05, 0.1) is 0 Å². The van der Waals surface area contributed by atoms with Gasteiger partial charge in [-0.15, -0.1) is 0 Å². The van der Waals surface area contributed by atoms with E-state index < -0.39 is 0 Å². The summed E-state index contributed by atoms with van der Waals surface area (Å²) in [5.74, 6) is 0. The monoisotopic (exact) mass is 218 g/mol. The number of hydrogen-bond acceptors (Lipinski definition) is 2. The Morgan fingerprint density at radius 3 is 2.56 bits per heavy atom. The van der Waals surface area contributed by atoms with Crippen molar-refractivity contribution in [2.75, 3.05) is 5.32 Å². The Morgan fingerprint density at radius 1 is 1.25 bits per heavy atom. The third-order valence-corrected chi connectivity index (χ3v) is 3.41. The van der Waals surface area contributed by atoms with E-state index in [9.17, 15) is 0 Å². The fourth-order valence-electron chi connectivity index (χ4n) is 2.44. The summed E-state index contributed by atoms with van der Waals surface area (Å²) in [6.07, 6.45) is 6.00. The second kappa shape index (κ2) is 5.35. The van der Waals surface area contributed by atoms with E-state index in [4.69, 9.17) is 5.73 Å². The molecule has 1 aromatic rings. The van der Waals surface area contributed by atoms with Crippen LogP contribution >= 0.6 is 0 Å². The van der Waals surface area contributed by atoms with Crippen LogP contribution in [0.3, 0.4) is 0 Å². The minimum Gasteiger partial charge on any atom is -0.381 e. The van der Waals surface area contributed by atoms with Gasteiger partial charge in [0.15, 0.2) is 0 Å². The first-order valence-corrected chi connectivity index (χ1v) is 6.40. The molecule has 1 aliphatic carbocycles. The summed E-state index contributed by atoms with van der Waals surface area (Å²) in [7, 11) is 0. The van der Waals surface area contributed by atoms with Crippen molar-refractivity contribution in [3.8, 4) is 0 Å². The molecule has 3 N–H and O–H groups in total. The maximum Gasteiger partial charge on any atom is 0.0412 e. The maximum absolute atomic E-state index is 6.04. The zero-order chi connectivity index (χ0) is 11.4. The fourth-order valence-corrected chi connectivity index (χ4v) is 2.44. The van der Waals surface area contributed by atoms with E-state index in [-0.39, 0.29) is 0 Å². The molecule has 0 radical (unpaired) electrons. The number of anilines is 1. The summed E-state index contributed by atoms with van der Waals surface area (Å²) in [6.45, 7) is 2.21. The van der Waals surface area contributed by atoms with Gasteiger partial charge in [0.1, 0.15) is 0 Å². The summed E-state index contributed by atoms with van der Waals surface area (Å²) in [6, 6.07) is 9.58. The van der Waals surface area contributed by atoms with E-state index in [2.05, 4.69) is 36.5 Å². The summed E-state index contributed by atoms with van der Waals surface area (Å²) in [5.41, 5.74) is 8.67. The average molecular weight is 218 g/mol. The van der Waals surface area contributed by atoms with Crippen LogP contribution in [0.2, 0.25) is 0 Å². The summed E-state index contributed by atoms with van der Waals surface area (Å²) in [4.78, 5) is 0. The number of hydrogen-bond donors (Lipinski definition) is 2. The SMILES string of the molecule is CCCc1ccc(NC2CCCC2N)cc1. The molecule has 88 valence electrons. The molecule has 16 heavy (non-hydrogen) atoms. The maximum atomic E-state index is 6.04. The molecule has 0 heterocycles. The zero-order valence-electron chi connectivity index (χ0n) is 10.1. The molecule has 2 heteroatoms. The van der Waals surface area contributed by atoms with Gasteiger partial charge in [-0.05, 0) is 43.4 Å². The van der Waals surface area contributed by atoms with Gasteiger partial charge in [0.2, 0.25) is 0 Å². The highest BCUT2D eigenvalue weighted by Gasteiger charge is 2.23. The van der Waals surface area contributed by atoms with Crippen LogP contribution in [-0.2, 0) is 6.42 Å². The van der Waals surface area contributed by atoms with Crippen molar-refractivity contribution in [2.24, 2.45) is 5.73 Å². The van der Waals surface area contributed by atoms with Gasteiger partial charge in [-0.2, -0.15) is 0 Å². The molecule has 0 bridgehead atoms. The van der Waals surface area contributed by atoms with Gasteiger partial charge in [-0.25, -0.2) is 0 Å². The lowest BCUT2D eigenvalue weighted by atomic mass is 10.1. The smallest absolute Gasteiger partial charge is 0.0412 e. The molecular weight excluding hydrogens is 196 g/mol. The Balaban J connectivity index is 1.94. The molecule has 0 saturated heterocycles. The van der Waals surface area contributed by atoms with Crippen LogP contribution in [0.1, 0.15) is 38.2 Å². The minimum absolute atomic E-state index is 0.329. The average Bonchev–Trinajstić information content (AvgIpc) is 2.68. The molecule has 1 fully saturated rings. The first-order chi connectivity index (χ1) is 7.79. The van der Waals surface area contributed by atoms with E-state index >= 15 is 0 Å². The number of benzene rings is 1. The lowest BCUT2D eigenvalue weighted by molar-refractivity contribution is 0.638. The lowest BCUT2D eigenvalue weighted by Crippen LogP contribution is -2.35. The van der Waals surface area contributed by atoms with Gasteiger partial charge < -0.3 is 11.1 Å². The quantitative estimate of drug-likeness (QED) is 0.815. The van der Waals surface area contributed by atoms with Crippen molar-refractivity contribution >= 4 is 5.69 Å². The van der Waals surface area contributed by atoms with Crippen LogP contribution in [0.25, 0.3) is 0 Å². The van der Waals surface area contributed by atoms with Gasteiger partial charge in [0, 0.05) is 17.8 Å². The Labute approximate surface area is 98.2 Å². The van der Waals surface area contributed by atoms with E-state index in [1.54, 1.807) is 0 Å². The highest BCUT2D eigenvalue weighted by molar-refractivity contribution is 5.46. The van der Waals surface area contributed by atoms with Crippen molar-refractivity contribution in [1.82, 2.24) is 0 Å². The van der Waals surface area contributed by atoms with E-state index in [0.717, 1.165) is 6.42 Å². The van der Waals surface area contributed by atoms with Gasteiger partial charge in [-0.3, -0.25) is 0 Å². The Bertz CT molecular complexity index is 318. The normalized spacial score (nSPS) is 24.6. The van der Waals surface area contributed by atoms with Crippen LogP contribution in [-0.4, -0.2) is 12.1 Å². The topological polar surface area (TPSA) is 38.0 Å².